The maximum atomic E-state index is 6.55. The van der Waals surface area contributed by atoms with Crippen LogP contribution in [-0.4, -0.2) is 8.07 Å². The molecule has 6 heteroatoms. The van der Waals surface area contributed by atoms with Crippen molar-refractivity contribution in [3.63, 3.8) is 0 Å². The number of aromatic nitrogens is 2. The van der Waals surface area contributed by atoms with Crippen LogP contribution in [0, 0.1) is 41.8 Å². The van der Waals surface area contributed by atoms with Gasteiger partial charge in [-0.15, -0.1) is 17.7 Å². The number of hydrogen-bond acceptors (Lipinski definition) is 2. The van der Waals surface area contributed by atoms with E-state index in [1.807, 2.05) is 39.5 Å². The van der Waals surface area contributed by atoms with Crippen LogP contribution < -0.4 is 14.3 Å². The second-order valence-corrected chi connectivity index (χ2v) is 23.5. The van der Waals surface area contributed by atoms with Gasteiger partial charge in [-0.05, 0) is 54.3 Å². The van der Waals surface area contributed by atoms with E-state index in [0.29, 0.717) is 0 Å². The first kappa shape index (κ1) is 45.0. The monoisotopic (exact) mass is 1070 g/mol. The SMILES string of the molecule is [CH2-]c1cc(-c2ccccc2)c(C)cc1-c1ccc([Si](C)(C)C)c[n+]1[CH2-].[CH2-]c1ccc2c(oc3ccc(-c4cccc5c4oc4ccccc45)cc32)c1-c1cc(C)c(-c2ccccc2)c[n+]1[CH2-].[Ir]. The van der Waals surface area contributed by atoms with Crippen LogP contribution >= 0.6 is 0 Å². The van der Waals surface area contributed by atoms with Gasteiger partial charge in [0.05, 0.1) is 37.4 Å². The Morgan fingerprint density at radius 2 is 1.04 bits per heavy atom. The van der Waals surface area contributed by atoms with Crippen LogP contribution in [0.15, 0.2) is 185 Å². The summed E-state index contributed by atoms with van der Waals surface area (Å²) in [7, 11) is 7.25. The first-order valence-electron chi connectivity index (χ1n) is 22.4. The van der Waals surface area contributed by atoms with Crippen LogP contribution in [-0.2, 0) is 20.1 Å². The second kappa shape index (κ2) is 17.9. The normalized spacial score (nSPS) is 11.5. The predicted octanol–water partition coefficient (Wildman–Crippen LogP) is 14.9. The number of furan rings is 2. The number of para-hydroxylation sites is 2. The van der Waals surface area contributed by atoms with E-state index in [2.05, 4.69) is 207 Å². The summed E-state index contributed by atoms with van der Waals surface area (Å²) in [5.74, 6) is 0. The van der Waals surface area contributed by atoms with Crippen molar-refractivity contribution in [2.45, 2.75) is 33.5 Å². The van der Waals surface area contributed by atoms with Gasteiger partial charge < -0.3 is 18.0 Å². The molecule has 0 bridgehead atoms. The Labute approximate surface area is 408 Å². The number of nitrogens with zero attached hydrogens (tertiary/aromatic N) is 2. The molecule has 0 unspecified atom stereocenters. The third kappa shape index (κ3) is 8.34. The van der Waals surface area contributed by atoms with Gasteiger partial charge in [-0.1, -0.05) is 168 Å². The molecule has 0 amide bonds. The van der Waals surface area contributed by atoms with Crippen LogP contribution in [0.4, 0.5) is 0 Å². The van der Waals surface area contributed by atoms with E-state index in [1.165, 1.54) is 27.4 Å². The van der Waals surface area contributed by atoms with Crippen molar-refractivity contribution in [1.29, 1.82) is 0 Å². The van der Waals surface area contributed by atoms with Crippen molar-refractivity contribution in [3.05, 3.63) is 226 Å². The van der Waals surface area contributed by atoms with Crippen LogP contribution in [0.25, 0.3) is 99.8 Å². The van der Waals surface area contributed by atoms with Gasteiger partial charge in [-0.3, -0.25) is 0 Å². The number of pyridine rings is 2. The Morgan fingerprint density at radius 1 is 0.433 bits per heavy atom. The van der Waals surface area contributed by atoms with E-state index in [9.17, 15) is 0 Å². The van der Waals surface area contributed by atoms with Crippen LogP contribution in [0.1, 0.15) is 22.3 Å². The first-order chi connectivity index (χ1) is 31.8. The van der Waals surface area contributed by atoms with Gasteiger partial charge >= 0.3 is 0 Å². The van der Waals surface area contributed by atoms with E-state index in [1.54, 1.807) is 0 Å². The zero-order valence-electron chi connectivity index (χ0n) is 38.6. The molecule has 0 fully saturated rings. The maximum Gasteiger partial charge on any atom is 0.143 e. The van der Waals surface area contributed by atoms with E-state index in [-0.39, 0.29) is 20.1 Å². The zero-order valence-corrected chi connectivity index (χ0v) is 42.0. The molecule has 67 heavy (non-hydrogen) atoms. The summed E-state index contributed by atoms with van der Waals surface area (Å²) in [6, 6.07) is 57.0. The molecule has 0 saturated carbocycles. The second-order valence-electron chi connectivity index (χ2n) is 18.4. The molecule has 11 rings (SSSR count). The molecule has 0 spiro atoms. The van der Waals surface area contributed by atoms with E-state index in [4.69, 9.17) is 8.83 Å². The summed E-state index contributed by atoms with van der Waals surface area (Å²) in [6.07, 6.45) is 4.27. The topological polar surface area (TPSA) is 34.0 Å². The Kier molecular flexibility index (Phi) is 12.0. The average Bonchev–Trinajstić information content (AvgIpc) is 3.89. The summed E-state index contributed by atoms with van der Waals surface area (Å²) < 4.78 is 16.8. The maximum absolute atomic E-state index is 6.55. The van der Waals surface area contributed by atoms with E-state index < -0.39 is 8.07 Å². The Bertz CT molecular complexity index is 3640. The van der Waals surface area contributed by atoms with Crippen molar-refractivity contribution in [3.8, 4) is 55.9 Å². The van der Waals surface area contributed by atoms with Gasteiger partial charge in [0.25, 0.3) is 0 Å². The van der Waals surface area contributed by atoms with Crippen molar-refractivity contribution >= 4 is 57.1 Å². The number of rotatable bonds is 6. The smallest absolute Gasteiger partial charge is 0.143 e. The van der Waals surface area contributed by atoms with Gasteiger partial charge in [0.2, 0.25) is 0 Å². The van der Waals surface area contributed by atoms with Crippen molar-refractivity contribution in [2.75, 3.05) is 0 Å². The molecule has 0 aliphatic carbocycles. The molecular formula is C61H52IrN2O2Si-2. The molecule has 11 aromatic rings. The Balaban J connectivity index is 0.000000187. The fourth-order valence-electron chi connectivity index (χ4n) is 9.29. The largest absolute Gasteiger partial charge is 0.469 e. The summed E-state index contributed by atoms with van der Waals surface area (Å²) in [5.41, 5.74) is 18.9. The van der Waals surface area contributed by atoms with Crippen LogP contribution in [0.5, 0.6) is 0 Å². The molecule has 4 aromatic heterocycles. The van der Waals surface area contributed by atoms with Gasteiger partial charge in [-0.25, -0.2) is 0 Å². The zero-order chi connectivity index (χ0) is 45.9. The number of aryl methyl sites for hydroxylation is 2. The summed E-state index contributed by atoms with van der Waals surface area (Å²) in [4.78, 5) is 0. The molecule has 0 saturated heterocycles. The van der Waals surface area contributed by atoms with Gasteiger partial charge in [0, 0.05) is 61.3 Å². The fraction of sp³-hybridized carbons (Fsp3) is 0.0820. The molecule has 0 atom stereocenters. The molecule has 0 aliphatic heterocycles. The molecule has 7 aromatic carbocycles. The molecular weight excluding hydrogens is 1010 g/mol. The molecule has 0 N–H and O–H groups in total. The fourth-order valence-corrected chi connectivity index (χ4v) is 10.4. The third-order valence-electron chi connectivity index (χ3n) is 12.9. The average molecular weight is 1070 g/mol. The minimum absolute atomic E-state index is 0. The Hall–Kier alpha value is -7.21. The molecule has 4 heterocycles. The van der Waals surface area contributed by atoms with Crippen molar-refractivity contribution < 1.29 is 38.1 Å². The summed E-state index contributed by atoms with van der Waals surface area (Å²) in [5, 5.41) is 5.76. The van der Waals surface area contributed by atoms with Crippen molar-refractivity contribution in [1.82, 2.24) is 0 Å². The van der Waals surface area contributed by atoms with Gasteiger partial charge in [0.1, 0.15) is 16.7 Å². The number of hydrogen-bond donors (Lipinski definition) is 0. The molecule has 1 radical (unpaired) electrons. The van der Waals surface area contributed by atoms with Gasteiger partial charge in [-0.2, -0.15) is 37.1 Å². The van der Waals surface area contributed by atoms with Crippen LogP contribution in [0.2, 0.25) is 19.6 Å². The van der Waals surface area contributed by atoms with E-state index in [0.717, 1.165) is 99.8 Å². The van der Waals surface area contributed by atoms with Crippen LogP contribution in [0.3, 0.4) is 0 Å². The van der Waals surface area contributed by atoms with E-state index >= 15 is 0 Å². The first-order valence-corrected chi connectivity index (χ1v) is 25.9. The minimum atomic E-state index is -1.34. The molecule has 333 valence electrons. The quantitative estimate of drug-likeness (QED) is 0.0945. The number of fused-ring (bicyclic) bond motifs is 6. The standard InChI is InChI=1S/C38H26NO2.C23H26NSi.Ir/c1-23-16-18-30-31-21-26(27-13-9-14-29-28-12-7-8-15-34(28)40-37(27)29)17-19-35(31)41-38(30)36(23)33-20-24(2)32(22-39(33)3)25-10-5-4-6-11-25;1-17-15-22(18(2)14-21(17)19-10-8-7-9-11-19)23-13-12-20(16-24(23)3)25(4,5)6;/h4-22H,1,3H2,2H3;7-16H,2-3H2,1,4-6H3;/q2*-1;. The predicted molar refractivity (Wildman–Crippen MR) is 278 cm³/mol. The van der Waals surface area contributed by atoms with Gasteiger partial charge in [0.15, 0.2) is 0 Å². The summed E-state index contributed by atoms with van der Waals surface area (Å²) in [6.45, 7) is 20.0. The molecule has 0 aliphatic rings. The minimum Gasteiger partial charge on any atom is -0.469 e. The number of benzene rings is 7. The van der Waals surface area contributed by atoms with Crippen molar-refractivity contribution in [2.24, 2.45) is 0 Å². The summed E-state index contributed by atoms with van der Waals surface area (Å²) >= 11 is 0. The molecule has 4 nitrogen and oxygen atoms in total. The third-order valence-corrected chi connectivity index (χ3v) is 14.9. The Morgan fingerprint density at radius 3 is 1.76 bits per heavy atom.